The van der Waals surface area contributed by atoms with E-state index in [0.29, 0.717) is 18.8 Å². The van der Waals surface area contributed by atoms with Gasteiger partial charge in [-0.3, -0.25) is 4.79 Å². The molecule has 0 aromatic carbocycles. The van der Waals surface area contributed by atoms with Gasteiger partial charge in [0.25, 0.3) is 0 Å². The van der Waals surface area contributed by atoms with Crippen molar-refractivity contribution in [2.24, 2.45) is 11.3 Å². The number of carbonyl (C=O) groups is 1. The van der Waals surface area contributed by atoms with Gasteiger partial charge in [0.05, 0.1) is 24.7 Å². The molecule has 0 fully saturated rings. The van der Waals surface area contributed by atoms with Crippen molar-refractivity contribution < 1.29 is 19.4 Å². The van der Waals surface area contributed by atoms with Crippen LogP contribution in [0.4, 0.5) is 0 Å². The number of aliphatic hydroxyl groups is 1. The lowest BCUT2D eigenvalue weighted by Crippen LogP contribution is -2.17. The summed E-state index contributed by atoms with van der Waals surface area (Å²) < 4.78 is 11.6. The summed E-state index contributed by atoms with van der Waals surface area (Å²) >= 11 is 0. The maximum absolute atomic E-state index is 12.6. The van der Waals surface area contributed by atoms with Crippen molar-refractivity contribution in [1.82, 2.24) is 0 Å². The number of rotatable bonds is 34. The molecular weight excluding hydrogens is 532 g/mol. The van der Waals surface area contributed by atoms with E-state index in [9.17, 15) is 4.79 Å². The molecule has 0 bridgehead atoms. The average Bonchev–Trinajstić information content (AvgIpc) is 2.94. The van der Waals surface area contributed by atoms with Gasteiger partial charge in [0.15, 0.2) is 0 Å². The molecule has 254 valence electrons. The van der Waals surface area contributed by atoms with E-state index < -0.39 is 0 Å². The van der Waals surface area contributed by atoms with E-state index in [2.05, 4.69) is 40.9 Å². The third-order valence-electron chi connectivity index (χ3n) is 8.49. The maximum Gasteiger partial charge on any atom is 0.133 e. The molecule has 0 aliphatic heterocycles. The Morgan fingerprint density at radius 3 is 1.53 bits per heavy atom. The highest BCUT2D eigenvalue weighted by atomic mass is 16.5. The Morgan fingerprint density at radius 2 is 1.02 bits per heavy atom. The fraction of sp³-hybridized carbons (Fsp3) is 0.872. The molecule has 1 N–H and O–H groups in total. The summed E-state index contributed by atoms with van der Waals surface area (Å²) in [6, 6.07) is 0. The van der Waals surface area contributed by atoms with Gasteiger partial charge in [0.2, 0.25) is 0 Å². The van der Waals surface area contributed by atoms with Crippen LogP contribution >= 0.6 is 0 Å². The first-order valence-electron chi connectivity index (χ1n) is 18.4. The first-order chi connectivity index (χ1) is 20.7. The van der Waals surface area contributed by atoms with Crippen molar-refractivity contribution >= 4 is 5.78 Å². The van der Waals surface area contributed by atoms with Crippen LogP contribution in [0.15, 0.2) is 24.7 Å². The maximum atomic E-state index is 12.6. The van der Waals surface area contributed by atoms with Crippen LogP contribution in [0.5, 0.6) is 0 Å². The topological polar surface area (TPSA) is 55.8 Å². The molecule has 0 rings (SSSR count). The predicted molar refractivity (Wildman–Crippen MR) is 186 cm³/mol. The van der Waals surface area contributed by atoms with Crippen molar-refractivity contribution in [1.29, 1.82) is 0 Å². The van der Waals surface area contributed by atoms with Gasteiger partial charge < -0.3 is 14.6 Å². The monoisotopic (exact) mass is 607 g/mol. The lowest BCUT2D eigenvalue weighted by atomic mass is 9.81. The highest BCUT2D eigenvalue weighted by Crippen LogP contribution is 2.29. The molecule has 0 saturated heterocycles. The molecule has 0 amide bonds. The van der Waals surface area contributed by atoms with Crippen molar-refractivity contribution in [3.63, 3.8) is 0 Å². The Bertz CT molecular complexity index is 666. The number of allylic oxidation sites excluding steroid dienone is 2. The van der Waals surface area contributed by atoms with E-state index in [0.717, 1.165) is 108 Å². The summed E-state index contributed by atoms with van der Waals surface area (Å²) in [7, 11) is 0. The molecule has 4 heteroatoms. The van der Waals surface area contributed by atoms with Crippen molar-refractivity contribution in [2.45, 2.75) is 188 Å². The minimum atomic E-state index is 0.107. The predicted octanol–water partition coefficient (Wildman–Crippen LogP) is 12.0. The van der Waals surface area contributed by atoms with Gasteiger partial charge >= 0.3 is 0 Å². The molecule has 0 aliphatic carbocycles. The van der Waals surface area contributed by atoms with Crippen LogP contribution in [0.1, 0.15) is 188 Å². The molecule has 0 aliphatic rings. The SMILES string of the molecule is C=C(CCCCCCCO)OCCCCCCCC(=O)CC(C)(C)CCCCCCOC(=C)CCCCCCCC(C)C. The zero-order valence-electron chi connectivity index (χ0n) is 29.5. The van der Waals surface area contributed by atoms with Crippen molar-refractivity contribution in [2.75, 3.05) is 19.8 Å². The van der Waals surface area contributed by atoms with Gasteiger partial charge in [0.1, 0.15) is 5.78 Å². The van der Waals surface area contributed by atoms with Gasteiger partial charge in [0, 0.05) is 32.3 Å². The third-order valence-corrected chi connectivity index (χ3v) is 8.49. The smallest absolute Gasteiger partial charge is 0.133 e. The van der Waals surface area contributed by atoms with Gasteiger partial charge in [-0.25, -0.2) is 0 Å². The molecule has 43 heavy (non-hydrogen) atoms. The van der Waals surface area contributed by atoms with Crippen LogP contribution in [0.25, 0.3) is 0 Å². The largest absolute Gasteiger partial charge is 0.499 e. The quantitative estimate of drug-likeness (QED) is 0.0585. The van der Waals surface area contributed by atoms with E-state index in [1.165, 1.54) is 77.0 Å². The van der Waals surface area contributed by atoms with E-state index in [4.69, 9.17) is 14.6 Å². The van der Waals surface area contributed by atoms with Crippen molar-refractivity contribution in [3.8, 4) is 0 Å². The fourth-order valence-corrected chi connectivity index (χ4v) is 5.67. The average molecular weight is 607 g/mol. The highest BCUT2D eigenvalue weighted by molar-refractivity contribution is 5.78. The molecular formula is C39H74O4. The summed E-state index contributed by atoms with van der Waals surface area (Å²) in [6.07, 6.45) is 28.2. The molecule has 4 nitrogen and oxygen atoms in total. The minimum absolute atomic E-state index is 0.107. The van der Waals surface area contributed by atoms with Crippen LogP contribution in [-0.4, -0.2) is 30.7 Å². The molecule has 0 aromatic rings. The second-order valence-corrected chi connectivity index (χ2v) is 14.3. The zero-order valence-corrected chi connectivity index (χ0v) is 29.5. The van der Waals surface area contributed by atoms with Crippen molar-refractivity contribution in [3.05, 3.63) is 24.7 Å². The first-order valence-corrected chi connectivity index (χ1v) is 18.4. The number of aliphatic hydroxyl groups excluding tert-OH is 1. The summed E-state index contributed by atoms with van der Waals surface area (Å²) in [5.74, 6) is 3.14. The Hall–Kier alpha value is -1.29. The standard InChI is InChI=1S/C39H74O4/c1-35(2)26-18-10-7-11-19-27-36(3)43-33-25-17-14-22-30-39(5,6)34-38(41)29-21-13-9-16-24-32-42-37(4)28-20-12-8-15-23-31-40/h35,40H,3-4,7-34H2,1-2,5-6H3. The molecule has 0 atom stereocenters. The second-order valence-electron chi connectivity index (χ2n) is 14.3. The summed E-state index contributed by atoms with van der Waals surface area (Å²) in [5, 5.41) is 8.81. The lowest BCUT2D eigenvalue weighted by molar-refractivity contribution is -0.121. The lowest BCUT2D eigenvalue weighted by Gasteiger charge is -2.23. The van der Waals surface area contributed by atoms with E-state index in [1.807, 2.05) is 0 Å². The van der Waals surface area contributed by atoms with Crippen LogP contribution in [-0.2, 0) is 14.3 Å². The van der Waals surface area contributed by atoms with Crippen LogP contribution in [0.3, 0.4) is 0 Å². The minimum Gasteiger partial charge on any atom is -0.499 e. The number of ketones is 1. The second kappa shape index (κ2) is 29.4. The van der Waals surface area contributed by atoms with E-state index in [-0.39, 0.29) is 5.41 Å². The van der Waals surface area contributed by atoms with E-state index in [1.54, 1.807) is 0 Å². The summed E-state index contributed by atoms with van der Waals surface area (Å²) in [5.41, 5.74) is 0.107. The third kappa shape index (κ3) is 31.9. The van der Waals surface area contributed by atoms with Gasteiger partial charge in [-0.15, -0.1) is 0 Å². The van der Waals surface area contributed by atoms with E-state index >= 15 is 0 Å². The molecule has 0 aromatic heterocycles. The number of Topliss-reactive ketones (excluding diaryl/α,β-unsaturated/α-hetero) is 1. The van der Waals surface area contributed by atoms with Gasteiger partial charge in [-0.05, 0) is 56.3 Å². The van der Waals surface area contributed by atoms with Crippen LogP contribution in [0.2, 0.25) is 0 Å². The number of unbranched alkanes of at least 4 members (excludes halogenated alkanes) is 15. The molecule has 0 unspecified atom stereocenters. The number of hydrogen-bond donors (Lipinski definition) is 1. The van der Waals surface area contributed by atoms with Crippen LogP contribution in [0, 0.1) is 11.3 Å². The molecule has 0 spiro atoms. The number of carbonyl (C=O) groups excluding carboxylic acids is 1. The van der Waals surface area contributed by atoms with Crippen LogP contribution < -0.4 is 0 Å². The molecule has 0 saturated carbocycles. The Balaban J connectivity index is 3.57. The number of hydrogen-bond acceptors (Lipinski definition) is 4. The molecule has 0 radical (unpaired) electrons. The van der Waals surface area contributed by atoms with Gasteiger partial charge in [-0.2, -0.15) is 0 Å². The summed E-state index contributed by atoms with van der Waals surface area (Å²) in [6.45, 7) is 19.1. The molecule has 0 heterocycles. The first kappa shape index (κ1) is 41.7. The Morgan fingerprint density at radius 1 is 0.605 bits per heavy atom. The van der Waals surface area contributed by atoms with Gasteiger partial charge in [-0.1, -0.05) is 131 Å². The Labute approximate surface area is 268 Å². The summed E-state index contributed by atoms with van der Waals surface area (Å²) in [4.78, 5) is 12.6. The highest BCUT2D eigenvalue weighted by Gasteiger charge is 2.21. The fourth-order valence-electron chi connectivity index (χ4n) is 5.67. The zero-order chi connectivity index (χ0) is 32.0. The normalized spacial score (nSPS) is 11.7. The Kier molecular flexibility index (Phi) is 28.5. The number of ether oxygens (including phenoxy) is 2.